The molecule has 3 rings (SSSR count). The largest absolute Gasteiger partial charge is 0.465 e. The van der Waals surface area contributed by atoms with Crippen LogP contribution in [-0.2, 0) is 0 Å². The molecule has 0 aliphatic carbocycles. The number of amides is 1. The Morgan fingerprint density at radius 2 is 2.23 bits per heavy atom. The van der Waals surface area contributed by atoms with Crippen molar-refractivity contribution in [2.45, 2.75) is 18.6 Å². The van der Waals surface area contributed by atoms with Crippen molar-refractivity contribution in [1.82, 2.24) is 19.9 Å². The number of nitrogens with zero attached hydrogens (tertiary/aromatic N) is 4. The first-order valence-corrected chi connectivity index (χ1v) is 6.88. The van der Waals surface area contributed by atoms with Crippen LogP contribution < -0.4 is 0 Å². The van der Waals surface area contributed by atoms with E-state index in [0.29, 0.717) is 24.2 Å². The predicted octanol–water partition coefficient (Wildman–Crippen LogP) is 1.37. The Bertz CT molecular complexity index is 690. The van der Waals surface area contributed by atoms with E-state index in [2.05, 4.69) is 10.3 Å². The van der Waals surface area contributed by atoms with E-state index in [-0.39, 0.29) is 12.4 Å². The summed E-state index contributed by atoms with van der Waals surface area (Å²) >= 11 is 0. The van der Waals surface area contributed by atoms with Gasteiger partial charge in [-0.3, -0.25) is 0 Å². The Morgan fingerprint density at radius 3 is 2.95 bits per heavy atom. The van der Waals surface area contributed by atoms with Gasteiger partial charge in [0, 0.05) is 18.7 Å². The summed E-state index contributed by atoms with van der Waals surface area (Å²) in [6.45, 7) is 0.431. The summed E-state index contributed by atoms with van der Waals surface area (Å²) in [6.07, 6.45) is 0.208. The van der Waals surface area contributed by atoms with Crippen LogP contribution in [0.25, 0.3) is 11.3 Å². The van der Waals surface area contributed by atoms with Crippen molar-refractivity contribution in [3.63, 3.8) is 0 Å². The molecule has 2 N–H and O–H groups in total. The van der Waals surface area contributed by atoms with Crippen molar-refractivity contribution in [3.05, 3.63) is 36.3 Å². The first-order valence-electron chi connectivity index (χ1n) is 6.88. The Morgan fingerprint density at radius 1 is 1.41 bits per heavy atom. The average molecular weight is 306 g/mol. The van der Waals surface area contributed by atoms with Gasteiger partial charge in [0.15, 0.2) is 0 Å². The molecule has 22 heavy (non-hydrogen) atoms. The highest BCUT2D eigenvalue weighted by Gasteiger charge is 2.32. The third kappa shape index (κ3) is 2.77. The van der Waals surface area contributed by atoms with Gasteiger partial charge in [-0.2, -0.15) is 0 Å². The highest BCUT2D eigenvalue weighted by molar-refractivity contribution is 5.65. The Hall–Kier alpha value is -2.48. The van der Waals surface area contributed by atoms with Crippen LogP contribution in [0.2, 0.25) is 0 Å². The summed E-state index contributed by atoms with van der Waals surface area (Å²) in [5.74, 6) is -0.373. The van der Waals surface area contributed by atoms with E-state index < -0.39 is 18.2 Å². The molecule has 116 valence electrons. The number of carboxylic acid groups (broad SMARTS) is 1. The lowest BCUT2D eigenvalue weighted by molar-refractivity contribution is 0.0296. The van der Waals surface area contributed by atoms with Crippen LogP contribution in [0.1, 0.15) is 12.5 Å². The van der Waals surface area contributed by atoms with Gasteiger partial charge in [-0.05, 0) is 18.6 Å². The standard InChI is InChI=1S/C14H15FN4O3/c15-10-3-1-2-9(6-10)11-7-19(17-16-11)12-8-18(14(21)22)5-4-13(12)20/h1-3,6-7,12-13,20H,4-5,8H2,(H,21,22). The molecule has 7 nitrogen and oxygen atoms in total. The molecule has 1 fully saturated rings. The fraction of sp³-hybridized carbons (Fsp3) is 0.357. The molecule has 1 aromatic carbocycles. The minimum Gasteiger partial charge on any atom is -0.465 e. The number of benzene rings is 1. The summed E-state index contributed by atoms with van der Waals surface area (Å²) in [7, 11) is 0. The first kappa shape index (κ1) is 14.5. The van der Waals surface area contributed by atoms with Crippen LogP contribution in [0.5, 0.6) is 0 Å². The molecule has 1 amide bonds. The SMILES string of the molecule is O=C(O)N1CCC(O)C(n2cc(-c3cccc(F)c3)nn2)C1. The first-order chi connectivity index (χ1) is 10.5. The van der Waals surface area contributed by atoms with E-state index in [1.54, 1.807) is 18.3 Å². The van der Waals surface area contributed by atoms with Gasteiger partial charge in [0.05, 0.1) is 18.3 Å². The maximum Gasteiger partial charge on any atom is 0.407 e. The fourth-order valence-electron chi connectivity index (χ4n) is 2.57. The quantitative estimate of drug-likeness (QED) is 0.874. The number of carbonyl (C=O) groups is 1. The lowest BCUT2D eigenvalue weighted by Crippen LogP contribution is -2.46. The summed E-state index contributed by atoms with van der Waals surface area (Å²) in [5, 5.41) is 27.1. The van der Waals surface area contributed by atoms with Crippen LogP contribution in [-0.4, -0.2) is 55.4 Å². The summed E-state index contributed by atoms with van der Waals surface area (Å²) < 4.78 is 14.7. The number of hydrogen-bond acceptors (Lipinski definition) is 4. The molecule has 2 aromatic rings. The zero-order valence-electron chi connectivity index (χ0n) is 11.6. The van der Waals surface area contributed by atoms with Gasteiger partial charge >= 0.3 is 6.09 Å². The van der Waals surface area contributed by atoms with Crippen molar-refractivity contribution >= 4 is 6.09 Å². The number of aliphatic hydroxyl groups excluding tert-OH is 1. The fourth-order valence-corrected chi connectivity index (χ4v) is 2.57. The van der Waals surface area contributed by atoms with Gasteiger partial charge in [0.2, 0.25) is 0 Å². The number of hydrogen-bond donors (Lipinski definition) is 2. The highest BCUT2D eigenvalue weighted by atomic mass is 19.1. The van der Waals surface area contributed by atoms with Crippen molar-refractivity contribution in [3.8, 4) is 11.3 Å². The second kappa shape index (κ2) is 5.72. The maximum atomic E-state index is 13.2. The summed E-state index contributed by atoms with van der Waals surface area (Å²) in [6, 6.07) is 5.46. The van der Waals surface area contributed by atoms with Gasteiger partial charge in [-0.1, -0.05) is 17.3 Å². The molecule has 1 aliphatic rings. The van der Waals surface area contributed by atoms with Crippen LogP contribution >= 0.6 is 0 Å². The van der Waals surface area contributed by atoms with Crippen LogP contribution in [0, 0.1) is 5.82 Å². The zero-order valence-corrected chi connectivity index (χ0v) is 11.6. The van der Waals surface area contributed by atoms with Crippen molar-refractivity contribution in [2.75, 3.05) is 13.1 Å². The minimum absolute atomic E-state index is 0.141. The molecule has 1 aliphatic heterocycles. The van der Waals surface area contributed by atoms with Crippen molar-refractivity contribution in [2.24, 2.45) is 0 Å². The van der Waals surface area contributed by atoms with Crippen molar-refractivity contribution in [1.29, 1.82) is 0 Å². The molecule has 2 atom stereocenters. The van der Waals surface area contributed by atoms with E-state index in [0.717, 1.165) is 0 Å². The molecule has 0 spiro atoms. The average Bonchev–Trinajstić information content (AvgIpc) is 2.97. The molecule has 0 bridgehead atoms. The molecule has 1 aromatic heterocycles. The molecular weight excluding hydrogens is 291 g/mol. The molecule has 0 radical (unpaired) electrons. The smallest absolute Gasteiger partial charge is 0.407 e. The van der Waals surface area contributed by atoms with E-state index in [1.807, 2.05) is 0 Å². The number of aliphatic hydroxyl groups is 1. The zero-order chi connectivity index (χ0) is 15.7. The Kier molecular flexibility index (Phi) is 3.76. The van der Waals surface area contributed by atoms with Crippen LogP contribution in [0.15, 0.2) is 30.5 Å². The van der Waals surface area contributed by atoms with E-state index in [1.165, 1.54) is 21.7 Å². The molecule has 8 heteroatoms. The van der Waals surface area contributed by atoms with Gasteiger partial charge in [-0.15, -0.1) is 5.10 Å². The van der Waals surface area contributed by atoms with Gasteiger partial charge in [0.1, 0.15) is 11.5 Å². The van der Waals surface area contributed by atoms with Crippen LogP contribution in [0.4, 0.5) is 9.18 Å². The van der Waals surface area contributed by atoms with E-state index >= 15 is 0 Å². The molecular formula is C14H15FN4O3. The second-order valence-corrected chi connectivity index (χ2v) is 5.25. The van der Waals surface area contributed by atoms with E-state index in [9.17, 15) is 14.3 Å². The number of rotatable bonds is 2. The third-order valence-electron chi connectivity index (χ3n) is 3.79. The topological polar surface area (TPSA) is 91.5 Å². The third-order valence-corrected chi connectivity index (χ3v) is 3.79. The second-order valence-electron chi connectivity index (χ2n) is 5.25. The lowest BCUT2D eigenvalue weighted by atomic mass is 10.0. The summed E-state index contributed by atoms with van der Waals surface area (Å²) in [4.78, 5) is 12.3. The normalized spacial score (nSPS) is 21.8. The molecule has 2 heterocycles. The Balaban J connectivity index is 1.84. The van der Waals surface area contributed by atoms with Gasteiger partial charge < -0.3 is 15.1 Å². The number of piperidine rings is 1. The number of likely N-dealkylation sites (tertiary alicyclic amines) is 1. The summed E-state index contributed by atoms with van der Waals surface area (Å²) in [5.41, 5.74) is 1.05. The van der Waals surface area contributed by atoms with Crippen molar-refractivity contribution < 1.29 is 19.4 Å². The number of aromatic nitrogens is 3. The monoisotopic (exact) mass is 306 g/mol. The number of halogens is 1. The van der Waals surface area contributed by atoms with Gasteiger partial charge in [-0.25, -0.2) is 13.9 Å². The van der Waals surface area contributed by atoms with E-state index in [4.69, 9.17) is 5.11 Å². The predicted molar refractivity (Wildman–Crippen MR) is 74.7 cm³/mol. The highest BCUT2D eigenvalue weighted by Crippen LogP contribution is 2.24. The minimum atomic E-state index is -1.03. The molecule has 2 unspecified atom stereocenters. The molecule has 1 saturated heterocycles. The van der Waals surface area contributed by atoms with Crippen LogP contribution in [0.3, 0.4) is 0 Å². The van der Waals surface area contributed by atoms with Gasteiger partial charge in [0.25, 0.3) is 0 Å². The maximum absolute atomic E-state index is 13.2. The lowest BCUT2D eigenvalue weighted by Gasteiger charge is -2.34. The molecule has 0 saturated carbocycles. The Labute approximate surface area is 125 Å².